The number of amides is 3. The molecular formula is C15H17Cl2N3O2. The standard InChI is InChI=1S/C15H17Cl2N3O2/c16-12-2-1-3-13(17)11(12)4-5-14(21)19-10-6-8-20(9-7-10)15(18)22/h1-5,10H,6-9H2,(H2,18,22)(H,19,21). The van der Waals surface area contributed by atoms with Gasteiger partial charge in [-0.05, 0) is 31.1 Å². The number of primary amides is 1. The minimum Gasteiger partial charge on any atom is -0.351 e. The summed E-state index contributed by atoms with van der Waals surface area (Å²) in [6.45, 7) is 1.11. The van der Waals surface area contributed by atoms with E-state index in [2.05, 4.69) is 5.32 Å². The Morgan fingerprint density at radius 2 is 1.82 bits per heavy atom. The molecule has 5 nitrogen and oxygen atoms in total. The Kier molecular flexibility index (Phi) is 5.69. The van der Waals surface area contributed by atoms with Gasteiger partial charge in [0.05, 0.1) is 0 Å². The van der Waals surface area contributed by atoms with Crippen molar-refractivity contribution in [3.8, 4) is 0 Å². The summed E-state index contributed by atoms with van der Waals surface area (Å²) in [5, 5.41) is 3.88. The van der Waals surface area contributed by atoms with Gasteiger partial charge in [-0.2, -0.15) is 0 Å². The van der Waals surface area contributed by atoms with E-state index in [1.54, 1.807) is 29.2 Å². The predicted octanol–water partition coefficient (Wildman–Crippen LogP) is 2.67. The fourth-order valence-corrected chi connectivity index (χ4v) is 2.85. The highest BCUT2D eigenvalue weighted by atomic mass is 35.5. The molecule has 0 saturated carbocycles. The van der Waals surface area contributed by atoms with E-state index in [0.717, 1.165) is 0 Å². The van der Waals surface area contributed by atoms with Gasteiger partial charge in [0.1, 0.15) is 0 Å². The van der Waals surface area contributed by atoms with Crippen LogP contribution in [0.15, 0.2) is 24.3 Å². The van der Waals surface area contributed by atoms with Crippen LogP contribution >= 0.6 is 23.2 Å². The van der Waals surface area contributed by atoms with Crippen molar-refractivity contribution in [2.45, 2.75) is 18.9 Å². The molecule has 118 valence electrons. The Hall–Kier alpha value is -1.72. The molecule has 0 aromatic heterocycles. The average molecular weight is 342 g/mol. The van der Waals surface area contributed by atoms with Crippen LogP contribution in [-0.2, 0) is 4.79 Å². The van der Waals surface area contributed by atoms with Gasteiger partial charge >= 0.3 is 6.03 Å². The number of urea groups is 1. The molecule has 1 saturated heterocycles. The Bertz CT molecular complexity index is 576. The fraction of sp³-hybridized carbons (Fsp3) is 0.333. The van der Waals surface area contributed by atoms with Gasteiger partial charge in [-0.3, -0.25) is 4.79 Å². The van der Waals surface area contributed by atoms with E-state index in [4.69, 9.17) is 28.9 Å². The van der Waals surface area contributed by atoms with Crippen LogP contribution in [0.2, 0.25) is 10.0 Å². The molecule has 1 aromatic carbocycles. The van der Waals surface area contributed by atoms with Crippen LogP contribution < -0.4 is 11.1 Å². The molecule has 1 aliphatic rings. The van der Waals surface area contributed by atoms with Crippen molar-refractivity contribution in [2.24, 2.45) is 5.73 Å². The number of rotatable bonds is 3. The minimum atomic E-state index is -0.418. The molecule has 0 atom stereocenters. The van der Waals surface area contributed by atoms with Crippen LogP contribution in [0.1, 0.15) is 18.4 Å². The molecule has 2 rings (SSSR count). The lowest BCUT2D eigenvalue weighted by Gasteiger charge is -2.30. The first kappa shape index (κ1) is 16.6. The number of benzene rings is 1. The Balaban J connectivity index is 1.89. The van der Waals surface area contributed by atoms with Crippen LogP contribution in [-0.4, -0.2) is 36.0 Å². The zero-order valence-electron chi connectivity index (χ0n) is 11.9. The van der Waals surface area contributed by atoms with Gasteiger partial charge in [-0.25, -0.2) is 4.79 Å². The van der Waals surface area contributed by atoms with E-state index in [9.17, 15) is 9.59 Å². The molecule has 1 fully saturated rings. The monoisotopic (exact) mass is 341 g/mol. The second kappa shape index (κ2) is 7.51. The van der Waals surface area contributed by atoms with Gasteiger partial charge in [0.15, 0.2) is 0 Å². The highest BCUT2D eigenvalue weighted by Gasteiger charge is 2.21. The molecule has 0 aliphatic carbocycles. The summed E-state index contributed by atoms with van der Waals surface area (Å²) >= 11 is 12.1. The summed E-state index contributed by atoms with van der Waals surface area (Å²) in [4.78, 5) is 24.5. The number of carbonyl (C=O) groups excluding carboxylic acids is 2. The Labute approximate surface area is 139 Å². The maximum absolute atomic E-state index is 11.9. The van der Waals surface area contributed by atoms with E-state index in [0.29, 0.717) is 41.5 Å². The fourth-order valence-electron chi connectivity index (χ4n) is 2.32. The number of halogens is 2. The smallest absolute Gasteiger partial charge is 0.314 e. The van der Waals surface area contributed by atoms with Crippen molar-refractivity contribution in [1.29, 1.82) is 0 Å². The molecule has 1 aromatic rings. The Morgan fingerprint density at radius 1 is 1.23 bits per heavy atom. The van der Waals surface area contributed by atoms with Gasteiger partial charge < -0.3 is 16.0 Å². The third-order valence-electron chi connectivity index (χ3n) is 3.55. The average Bonchev–Trinajstić information content (AvgIpc) is 2.47. The first-order valence-corrected chi connectivity index (χ1v) is 7.70. The zero-order chi connectivity index (χ0) is 16.1. The Morgan fingerprint density at radius 3 is 2.36 bits per heavy atom. The minimum absolute atomic E-state index is 0.0365. The molecule has 0 radical (unpaired) electrons. The summed E-state index contributed by atoms with van der Waals surface area (Å²) in [7, 11) is 0. The maximum atomic E-state index is 11.9. The van der Waals surface area contributed by atoms with Crippen LogP contribution in [0.25, 0.3) is 6.08 Å². The summed E-state index contributed by atoms with van der Waals surface area (Å²) in [5.41, 5.74) is 5.83. The normalized spacial score (nSPS) is 16.0. The molecule has 0 unspecified atom stereocenters. The highest BCUT2D eigenvalue weighted by Crippen LogP contribution is 2.25. The van der Waals surface area contributed by atoms with E-state index in [1.165, 1.54) is 6.08 Å². The van der Waals surface area contributed by atoms with Gasteiger partial charge in [-0.1, -0.05) is 29.3 Å². The lowest BCUT2D eigenvalue weighted by molar-refractivity contribution is -0.117. The van der Waals surface area contributed by atoms with Gasteiger partial charge in [0.2, 0.25) is 5.91 Å². The largest absolute Gasteiger partial charge is 0.351 e. The number of hydrogen-bond donors (Lipinski definition) is 2. The van der Waals surface area contributed by atoms with Crippen molar-refractivity contribution in [2.75, 3.05) is 13.1 Å². The first-order valence-electron chi connectivity index (χ1n) is 6.94. The van der Waals surface area contributed by atoms with Crippen molar-refractivity contribution in [1.82, 2.24) is 10.2 Å². The molecule has 3 amide bonds. The molecule has 1 aliphatic heterocycles. The molecule has 0 bridgehead atoms. The summed E-state index contributed by atoms with van der Waals surface area (Å²) in [6, 6.07) is 4.79. The van der Waals surface area contributed by atoms with E-state index in [1.807, 2.05) is 0 Å². The number of hydrogen-bond acceptors (Lipinski definition) is 2. The summed E-state index contributed by atoms with van der Waals surface area (Å²) in [5.74, 6) is -0.214. The lowest BCUT2D eigenvalue weighted by Crippen LogP contribution is -2.47. The number of likely N-dealkylation sites (tertiary alicyclic amines) is 1. The van der Waals surface area contributed by atoms with E-state index in [-0.39, 0.29) is 11.9 Å². The third-order valence-corrected chi connectivity index (χ3v) is 4.21. The number of nitrogens with one attached hydrogen (secondary N) is 1. The molecule has 1 heterocycles. The van der Waals surface area contributed by atoms with Gasteiger partial charge in [0, 0.05) is 40.8 Å². The topological polar surface area (TPSA) is 75.4 Å². The second-order valence-corrected chi connectivity index (χ2v) is 5.89. The van der Waals surface area contributed by atoms with E-state index < -0.39 is 6.03 Å². The van der Waals surface area contributed by atoms with Crippen molar-refractivity contribution < 1.29 is 9.59 Å². The maximum Gasteiger partial charge on any atom is 0.314 e. The van der Waals surface area contributed by atoms with Crippen LogP contribution in [0.4, 0.5) is 4.79 Å². The van der Waals surface area contributed by atoms with Crippen LogP contribution in [0.3, 0.4) is 0 Å². The van der Waals surface area contributed by atoms with Crippen molar-refractivity contribution >= 4 is 41.2 Å². The first-order chi connectivity index (χ1) is 10.5. The quantitative estimate of drug-likeness (QED) is 0.829. The van der Waals surface area contributed by atoms with Crippen LogP contribution in [0.5, 0.6) is 0 Å². The summed E-state index contributed by atoms with van der Waals surface area (Å²) in [6.07, 6.45) is 4.39. The lowest BCUT2D eigenvalue weighted by atomic mass is 10.1. The zero-order valence-corrected chi connectivity index (χ0v) is 13.4. The number of piperidine rings is 1. The van der Waals surface area contributed by atoms with Crippen LogP contribution in [0, 0.1) is 0 Å². The number of carbonyl (C=O) groups is 2. The number of nitrogens with zero attached hydrogens (tertiary/aromatic N) is 1. The molecule has 22 heavy (non-hydrogen) atoms. The molecular weight excluding hydrogens is 325 g/mol. The summed E-state index contributed by atoms with van der Waals surface area (Å²) < 4.78 is 0. The third kappa shape index (κ3) is 4.39. The van der Waals surface area contributed by atoms with Gasteiger partial charge in [-0.15, -0.1) is 0 Å². The molecule has 0 spiro atoms. The molecule has 7 heteroatoms. The number of nitrogens with two attached hydrogens (primary N) is 1. The van der Waals surface area contributed by atoms with Crippen molar-refractivity contribution in [3.63, 3.8) is 0 Å². The predicted molar refractivity (Wildman–Crippen MR) is 87.8 cm³/mol. The SMILES string of the molecule is NC(=O)N1CCC(NC(=O)C=Cc2c(Cl)cccc2Cl)CC1. The van der Waals surface area contributed by atoms with Gasteiger partial charge in [0.25, 0.3) is 0 Å². The van der Waals surface area contributed by atoms with Crippen molar-refractivity contribution in [3.05, 3.63) is 39.9 Å². The molecule has 3 N–H and O–H groups in total. The second-order valence-electron chi connectivity index (χ2n) is 5.08. The highest BCUT2D eigenvalue weighted by molar-refractivity contribution is 6.37. The van der Waals surface area contributed by atoms with E-state index >= 15 is 0 Å².